The SMILES string of the molecule is CCNC1CC2CCC(C1)N2C1CC(C)CC(C)C1. The molecule has 3 rings (SSSR count). The van der Waals surface area contributed by atoms with Crippen LogP contribution in [0.4, 0.5) is 0 Å². The van der Waals surface area contributed by atoms with Gasteiger partial charge in [-0.1, -0.05) is 20.8 Å². The van der Waals surface area contributed by atoms with Gasteiger partial charge in [-0.3, -0.25) is 4.90 Å². The van der Waals surface area contributed by atoms with Crippen molar-refractivity contribution in [2.45, 2.75) is 89.9 Å². The van der Waals surface area contributed by atoms with Gasteiger partial charge in [0.15, 0.2) is 0 Å². The van der Waals surface area contributed by atoms with E-state index in [1.165, 1.54) is 44.9 Å². The van der Waals surface area contributed by atoms with Crippen LogP contribution in [0.5, 0.6) is 0 Å². The Bertz CT molecular complexity index is 280. The summed E-state index contributed by atoms with van der Waals surface area (Å²) in [4.78, 5) is 2.97. The quantitative estimate of drug-likeness (QED) is 0.840. The molecule has 4 unspecified atom stereocenters. The first-order valence-corrected chi connectivity index (χ1v) is 8.68. The van der Waals surface area contributed by atoms with Crippen molar-refractivity contribution in [2.75, 3.05) is 6.54 Å². The van der Waals surface area contributed by atoms with Crippen LogP contribution >= 0.6 is 0 Å². The van der Waals surface area contributed by atoms with Crippen LogP contribution in [0.2, 0.25) is 0 Å². The van der Waals surface area contributed by atoms with E-state index in [4.69, 9.17) is 0 Å². The van der Waals surface area contributed by atoms with Gasteiger partial charge in [0.05, 0.1) is 0 Å². The molecule has 3 aliphatic rings. The summed E-state index contributed by atoms with van der Waals surface area (Å²) in [6.45, 7) is 8.33. The Kier molecular flexibility index (Phi) is 4.19. The molecule has 1 N–H and O–H groups in total. The molecule has 19 heavy (non-hydrogen) atoms. The molecule has 2 bridgehead atoms. The number of fused-ring (bicyclic) bond motifs is 2. The zero-order valence-corrected chi connectivity index (χ0v) is 13.1. The Hall–Kier alpha value is -0.0800. The third kappa shape index (κ3) is 2.85. The van der Waals surface area contributed by atoms with Crippen molar-refractivity contribution in [2.24, 2.45) is 11.8 Å². The van der Waals surface area contributed by atoms with Crippen molar-refractivity contribution >= 4 is 0 Å². The van der Waals surface area contributed by atoms with Gasteiger partial charge in [-0.15, -0.1) is 0 Å². The monoisotopic (exact) mass is 264 g/mol. The molecule has 3 fully saturated rings. The van der Waals surface area contributed by atoms with Crippen LogP contribution in [-0.4, -0.2) is 35.6 Å². The highest BCUT2D eigenvalue weighted by Gasteiger charge is 2.44. The van der Waals surface area contributed by atoms with Gasteiger partial charge >= 0.3 is 0 Å². The molecule has 4 atom stereocenters. The molecule has 110 valence electrons. The van der Waals surface area contributed by atoms with E-state index in [1.807, 2.05) is 0 Å². The van der Waals surface area contributed by atoms with Crippen molar-refractivity contribution in [1.82, 2.24) is 10.2 Å². The van der Waals surface area contributed by atoms with Crippen LogP contribution < -0.4 is 5.32 Å². The van der Waals surface area contributed by atoms with E-state index >= 15 is 0 Å². The summed E-state index contributed by atoms with van der Waals surface area (Å²) in [6.07, 6.45) is 10.1. The highest BCUT2D eigenvalue weighted by Crippen LogP contribution is 2.42. The second kappa shape index (κ2) is 5.73. The molecule has 2 nitrogen and oxygen atoms in total. The first-order valence-electron chi connectivity index (χ1n) is 8.68. The molecule has 0 spiro atoms. The minimum atomic E-state index is 0.803. The van der Waals surface area contributed by atoms with E-state index in [1.54, 1.807) is 0 Å². The van der Waals surface area contributed by atoms with Crippen LogP contribution in [0.15, 0.2) is 0 Å². The maximum atomic E-state index is 3.70. The summed E-state index contributed by atoms with van der Waals surface area (Å²) in [5.41, 5.74) is 0. The zero-order valence-electron chi connectivity index (χ0n) is 13.1. The normalized spacial score (nSPS) is 47.5. The number of hydrogen-bond donors (Lipinski definition) is 1. The predicted molar refractivity (Wildman–Crippen MR) is 81.3 cm³/mol. The maximum absolute atomic E-state index is 3.70. The fourth-order valence-corrected chi connectivity index (χ4v) is 5.41. The lowest BCUT2D eigenvalue weighted by Gasteiger charge is -2.47. The molecule has 0 aromatic rings. The molecular formula is C17H32N2. The van der Waals surface area contributed by atoms with E-state index in [2.05, 4.69) is 31.0 Å². The molecule has 1 aliphatic carbocycles. The Morgan fingerprint density at radius 1 is 0.842 bits per heavy atom. The van der Waals surface area contributed by atoms with E-state index in [-0.39, 0.29) is 0 Å². The second-order valence-electron chi connectivity index (χ2n) is 7.63. The summed E-state index contributed by atoms with van der Waals surface area (Å²) in [6, 6.07) is 3.49. The van der Waals surface area contributed by atoms with Gasteiger partial charge in [0, 0.05) is 24.2 Å². The van der Waals surface area contributed by atoms with E-state index < -0.39 is 0 Å². The number of hydrogen-bond acceptors (Lipinski definition) is 2. The van der Waals surface area contributed by atoms with E-state index in [0.29, 0.717) is 0 Å². The summed E-state index contributed by atoms with van der Waals surface area (Å²) in [5, 5.41) is 3.70. The summed E-state index contributed by atoms with van der Waals surface area (Å²) in [7, 11) is 0. The molecule has 1 saturated carbocycles. The third-order valence-corrected chi connectivity index (χ3v) is 5.86. The number of nitrogens with zero attached hydrogens (tertiary/aromatic N) is 1. The predicted octanol–water partition coefficient (Wildman–Crippen LogP) is 3.42. The smallest absolute Gasteiger partial charge is 0.0116 e. The van der Waals surface area contributed by atoms with Crippen molar-refractivity contribution in [3.8, 4) is 0 Å². The van der Waals surface area contributed by atoms with Crippen LogP contribution in [0, 0.1) is 11.8 Å². The molecule has 0 amide bonds. The molecule has 0 aromatic carbocycles. The lowest BCUT2D eigenvalue weighted by molar-refractivity contribution is 0.0298. The van der Waals surface area contributed by atoms with Gasteiger partial charge in [0.2, 0.25) is 0 Å². The largest absolute Gasteiger partial charge is 0.314 e. The standard InChI is InChI=1S/C17H32N2/c1-4-18-14-10-15-5-6-16(11-14)19(15)17-8-12(2)7-13(3)9-17/h12-18H,4-11H2,1-3H3. The van der Waals surface area contributed by atoms with Gasteiger partial charge < -0.3 is 5.32 Å². The Morgan fingerprint density at radius 3 is 1.95 bits per heavy atom. The van der Waals surface area contributed by atoms with Crippen LogP contribution in [0.25, 0.3) is 0 Å². The minimum absolute atomic E-state index is 0.803. The van der Waals surface area contributed by atoms with Gasteiger partial charge in [0.25, 0.3) is 0 Å². The first-order chi connectivity index (χ1) is 9.17. The molecule has 2 heteroatoms. The Morgan fingerprint density at radius 2 is 1.42 bits per heavy atom. The Balaban J connectivity index is 1.66. The number of rotatable bonds is 3. The van der Waals surface area contributed by atoms with Crippen LogP contribution in [0.3, 0.4) is 0 Å². The minimum Gasteiger partial charge on any atom is -0.314 e. The maximum Gasteiger partial charge on any atom is 0.0116 e. The zero-order chi connectivity index (χ0) is 13.4. The average molecular weight is 264 g/mol. The second-order valence-corrected chi connectivity index (χ2v) is 7.63. The highest BCUT2D eigenvalue weighted by molar-refractivity contribution is 5.01. The van der Waals surface area contributed by atoms with Gasteiger partial charge in [0.1, 0.15) is 0 Å². The van der Waals surface area contributed by atoms with Crippen LogP contribution in [0.1, 0.15) is 65.7 Å². The number of nitrogens with one attached hydrogen (secondary N) is 1. The summed E-state index contributed by atoms with van der Waals surface area (Å²) in [5.74, 6) is 1.89. The molecule has 2 aliphatic heterocycles. The van der Waals surface area contributed by atoms with Gasteiger partial charge in [-0.2, -0.15) is 0 Å². The lowest BCUT2D eigenvalue weighted by Crippen LogP contribution is -2.54. The molecular weight excluding hydrogens is 232 g/mol. The molecule has 0 radical (unpaired) electrons. The van der Waals surface area contributed by atoms with E-state index in [0.717, 1.165) is 42.5 Å². The van der Waals surface area contributed by atoms with Crippen molar-refractivity contribution in [3.63, 3.8) is 0 Å². The van der Waals surface area contributed by atoms with Gasteiger partial charge in [-0.05, 0) is 63.3 Å². The molecule has 0 aromatic heterocycles. The first kappa shape index (κ1) is 13.9. The Labute approximate surface area is 119 Å². The van der Waals surface area contributed by atoms with Gasteiger partial charge in [-0.25, -0.2) is 0 Å². The summed E-state index contributed by atoms with van der Waals surface area (Å²) < 4.78 is 0. The van der Waals surface area contributed by atoms with Crippen molar-refractivity contribution in [1.29, 1.82) is 0 Å². The third-order valence-electron chi connectivity index (χ3n) is 5.86. The van der Waals surface area contributed by atoms with Crippen LogP contribution in [-0.2, 0) is 0 Å². The highest BCUT2D eigenvalue weighted by atomic mass is 15.3. The lowest BCUT2D eigenvalue weighted by atomic mass is 9.78. The molecule has 2 heterocycles. The van der Waals surface area contributed by atoms with Crippen molar-refractivity contribution < 1.29 is 0 Å². The number of piperidine rings is 1. The molecule has 2 saturated heterocycles. The topological polar surface area (TPSA) is 15.3 Å². The fourth-order valence-electron chi connectivity index (χ4n) is 5.41. The van der Waals surface area contributed by atoms with Crippen molar-refractivity contribution in [3.05, 3.63) is 0 Å². The summed E-state index contributed by atoms with van der Waals surface area (Å²) >= 11 is 0. The fraction of sp³-hybridized carbons (Fsp3) is 1.00. The average Bonchev–Trinajstić information content (AvgIpc) is 2.60. The van der Waals surface area contributed by atoms with E-state index in [9.17, 15) is 0 Å².